The topological polar surface area (TPSA) is 70.4 Å². The van der Waals surface area contributed by atoms with Gasteiger partial charge in [-0.2, -0.15) is 0 Å². The summed E-state index contributed by atoms with van der Waals surface area (Å²) in [5.41, 5.74) is 9.59. The number of para-hydroxylation sites is 4. The van der Waals surface area contributed by atoms with E-state index in [0.717, 1.165) is 61.0 Å². The Labute approximate surface area is 153 Å². The van der Waals surface area contributed by atoms with Crippen LogP contribution in [0.3, 0.4) is 0 Å². The number of fused-ring (bicyclic) bond motifs is 1. The number of methoxy groups -OCH3 is 1. The van der Waals surface area contributed by atoms with Crippen LogP contribution in [0.5, 0.6) is 5.75 Å². The van der Waals surface area contributed by atoms with E-state index >= 15 is 0 Å². The lowest BCUT2D eigenvalue weighted by Crippen LogP contribution is -2.48. The molecule has 1 aromatic heterocycles. The van der Waals surface area contributed by atoms with Crippen LogP contribution in [0.4, 0.5) is 5.69 Å². The maximum absolute atomic E-state index is 6.41. The van der Waals surface area contributed by atoms with Gasteiger partial charge in [0.2, 0.25) is 0 Å². The lowest BCUT2D eigenvalue weighted by molar-refractivity contribution is 0.240. The largest absolute Gasteiger partial charge is 0.495 e. The van der Waals surface area contributed by atoms with Crippen LogP contribution in [0.15, 0.2) is 48.5 Å². The van der Waals surface area contributed by atoms with Gasteiger partial charge in [0.15, 0.2) is 0 Å². The van der Waals surface area contributed by atoms with Crippen molar-refractivity contribution in [3.63, 3.8) is 0 Å². The summed E-state index contributed by atoms with van der Waals surface area (Å²) in [5, 5.41) is 0. The average molecular weight is 351 g/mol. The maximum Gasteiger partial charge on any atom is 0.142 e. The molecule has 1 atom stereocenters. The molecule has 1 unspecified atom stereocenters. The van der Waals surface area contributed by atoms with Crippen LogP contribution in [0.2, 0.25) is 0 Å². The molecule has 136 valence electrons. The number of rotatable bonds is 5. The minimum atomic E-state index is -0.111. The lowest BCUT2D eigenvalue weighted by Gasteiger charge is -2.37. The second-order valence-electron chi connectivity index (χ2n) is 6.71. The van der Waals surface area contributed by atoms with E-state index in [2.05, 4.69) is 31.9 Å². The molecule has 0 spiro atoms. The van der Waals surface area contributed by atoms with Crippen LogP contribution < -0.4 is 15.4 Å². The minimum Gasteiger partial charge on any atom is -0.495 e. The van der Waals surface area contributed by atoms with Crippen molar-refractivity contribution in [2.24, 2.45) is 5.73 Å². The average Bonchev–Trinajstić information content (AvgIpc) is 3.13. The molecular formula is C20H25N5O. The third-order valence-electron chi connectivity index (χ3n) is 5.01. The number of imidazole rings is 1. The monoisotopic (exact) mass is 351 g/mol. The Morgan fingerprint density at radius 2 is 1.81 bits per heavy atom. The number of nitrogens with zero attached hydrogens (tertiary/aromatic N) is 3. The number of nitrogens with one attached hydrogen (secondary N) is 1. The number of nitrogens with two attached hydrogens (primary N) is 1. The Hall–Kier alpha value is -2.57. The van der Waals surface area contributed by atoms with Crippen molar-refractivity contribution in [2.45, 2.75) is 6.04 Å². The van der Waals surface area contributed by atoms with Crippen LogP contribution in [0, 0.1) is 0 Å². The van der Waals surface area contributed by atoms with Crippen molar-refractivity contribution in [1.82, 2.24) is 14.9 Å². The van der Waals surface area contributed by atoms with Gasteiger partial charge in [0.1, 0.15) is 11.6 Å². The number of anilines is 1. The fourth-order valence-corrected chi connectivity index (χ4v) is 3.58. The molecule has 1 aliphatic rings. The first kappa shape index (κ1) is 16.9. The molecule has 1 aliphatic heterocycles. The number of aromatic amines is 1. The van der Waals surface area contributed by atoms with Crippen molar-refractivity contribution in [3.8, 4) is 5.75 Å². The smallest absolute Gasteiger partial charge is 0.142 e. The second-order valence-corrected chi connectivity index (χ2v) is 6.71. The molecule has 4 rings (SSSR count). The highest BCUT2D eigenvalue weighted by Gasteiger charge is 2.22. The van der Waals surface area contributed by atoms with Crippen molar-refractivity contribution >= 4 is 16.7 Å². The van der Waals surface area contributed by atoms with Gasteiger partial charge in [0.25, 0.3) is 0 Å². The number of benzene rings is 2. The number of hydrogen-bond donors (Lipinski definition) is 2. The van der Waals surface area contributed by atoms with E-state index < -0.39 is 0 Å². The van der Waals surface area contributed by atoms with E-state index in [1.807, 2.05) is 36.4 Å². The number of piperazine rings is 1. The third-order valence-corrected chi connectivity index (χ3v) is 5.01. The lowest BCUT2D eigenvalue weighted by atomic mass is 10.2. The first-order valence-corrected chi connectivity index (χ1v) is 9.05. The van der Waals surface area contributed by atoms with Crippen LogP contribution in [0.25, 0.3) is 11.0 Å². The SMILES string of the molecule is COc1ccccc1N1CCN(CC(N)c2nc3ccccc3[nH]2)CC1. The fourth-order valence-electron chi connectivity index (χ4n) is 3.58. The summed E-state index contributed by atoms with van der Waals surface area (Å²) < 4.78 is 5.49. The molecule has 2 heterocycles. The molecule has 0 bridgehead atoms. The summed E-state index contributed by atoms with van der Waals surface area (Å²) >= 11 is 0. The summed E-state index contributed by atoms with van der Waals surface area (Å²) in [7, 11) is 1.72. The van der Waals surface area contributed by atoms with Crippen molar-refractivity contribution in [3.05, 3.63) is 54.4 Å². The van der Waals surface area contributed by atoms with Gasteiger partial charge in [-0.1, -0.05) is 24.3 Å². The van der Waals surface area contributed by atoms with Gasteiger partial charge in [0, 0.05) is 32.7 Å². The number of ether oxygens (including phenoxy) is 1. The van der Waals surface area contributed by atoms with Crippen LogP contribution in [0.1, 0.15) is 11.9 Å². The van der Waals surface area contributed by atoms with Crippen molar-refractivity contribution in [2.75, 3.05) is 44.7 Å². The summed E-state index contributed by atoms with van der Waals surface area (Å²) in [6.07, 6.45) is 0. The van der Waals surface area contributed by atoms with Gasteiger partial charge in [-0.05, 0) is 24.3 Å². The number of aromatic nitrogens is 2. The van der Waals surface area contributed by atoms with Gasteiger partial charge >= 0.3 is 0 Å². The molecule has 3 N–H and O–H groups in total. The molecule has 26 heavy (non-hydrogen) atoms. The summed E-state index contributed by atoms with van der Waals surface area (Å²) in [4.78, 5) is 12.8. The zero-order valence-electron chi connectivity index (χ0n) is 15.1. The van der Waals surface area contributed by atoms with E-state index in [4.69, 9.17) is 10.5 Å². The van der Waals surface area contributed by atoms with E-state index in [1.165, 1.54) is 0 Å². The Balaban J connectivity index is 1.37. The molecule has 1 fully saturated rings. The predicted molar refractivity (Wildman–Crippen MR) is 105 cm³/mol. The Morgan fingerprint density at radius 1 is 1.08 bits per heavy atom. The number of hydrogen-bond acceptors (Lipinski definition) is 5. The molecule has 0 aliphatic carbocycles. The molecular weight excluding hydrogens is 326 g/mol. The molecule has 2 aromatic carbocycles. The molecule has 6 nitrogen and oxygen atoms in total. The molecule has 1 saturated heterocycles. The normalized spacial score (nSPS) is 16.8. The standard InChI is InChI=1S/C20H25N5O/c1-26-19-9-5-4-8-18(19)25-12-10-24(11-13-25)14-15(21)20-22-16-6-2-3-7-17(16)23-20/h2-9,15H,10-14,21H2,1H3,(H,22,23). The van der Waals surface area contributed by atoms with Crippen LogP contribution in [-0.2, 0) is 0 Å². The Morgan fingerprint density at radius 3 is 2.58 bits per heavy atom. The predicted octanol–water partition coefficient (Wildman–Crippen LogP) is 2.39. The van der Waals surface area contributed by atoms with Gasteiger partial charge in [0.05, 0.1) is 29.9 Å². The molecule has 0 radical (unpaired) electrons. The van der Waals surface area contributed by atoms with E-state index in [0.29, 0.717) is 0 Å². The second kappa shape index (κ2) is 7.35. The van der Waals surface area contributed by atoms with Gasteiger partial charge in [-0.15, -0.1) is 0 Å². The maximum atomic E-state index is 6.41. The minimum absolute atomic E-state index is 0.111. The third kappa shape index (κ3) is 3.38. The highest BCUT2D eigenvalue weighted by atomic mass is 16.5. The van der Waals surface area contributed by atoms with Gasteiger partial charge in [-0.3, -0.25) is 4.90 Å². The summed E-state index contributed by atoms with van der Waals surface area (Å²) in [6.45, 7) is 4.69. The Kier molecular flexibility index (Phi) is 4.77. The molecule has 0 amide bonds. The van der Waals surface area contributed by atoms with Gasteiger partial charge < -0.3 is 20.4 Å². The van der Waals surface area contributed by atoms with Crippen LogP contribution >= 0.6 is 0 Å². The van der Waals surface area contributed by atoms with E-state index in [1.54, 1.807) is 7.11 Å². The highest BCUT2D eigenvalue weighted by molar-refractivity contribution is 5.74. The zero-order chi connectivity index (χ0) is 17.9. The molecule has 3 aromatic rings. The zero-order valence-corrected chi connectivity index (χ0v) is 15.1. The summed E-state index contributed by atoms with van der Waals surface area (Å²) in [6, 6.07) is 16.1. The molecule has 0 saturated carbocycles. The Bertz CT molecular complexity index is 836. The van der Waals surface area contributed by atoms with Crippen molar-refractivity contribution < 1.29 is 4.74 Å². The summed E-state index contributed by atoms with van der Waals surface area (Å²) in [5.74, 6) is 1.79. The molecule has 6 heteroatoms. The first-order chi connectivity index (χ1) is 12.7. The first-order valence-electron chi connectivity index (χ1n) is 9.05. The van der Waals surface area contributed by atoms with Crippen LogP contribution in [-0.4, -0.2) is 54.7 Å². The van der Waals surface area contributed by atoms with Gasteiger partial charge in [-0.25, -0.2) is 4.98 Å². The number of H-pyrrole nitrogens is 1. The highest BCUT2D eigenvalue weighted by Crippen LogP contribution is 2.28. The quantitative estimate of drug-likeness (QED) is 0.739. The van der Waals surface area contributed by atoms with Crippen molar-refractivity contribution in [1.29, 1.82) is 0 Å². The van der Waals surface area contributed by atoms with E-state index in [-0.39, 0.29) is 6.04 Å². The van der Waals surface area contributed by atoms with E-state index in [9.17, 15) is 0 Å². The fraction of sp³-hybridized carbons (Fsp3) is 0.350.